The lowest BCUT2D eigenvalue weighted by molar-refractivity contribution is 0.125. The molecule has 1 fully saturated rings. The highest BCUT2D eigenvalue weighted by molar-refractivity contribution is 5.47. The van der Waals surface area contributed by atoms with Crippen LogP contribution in [0.1, 0.15) is 66.2 Å². The number of ether oxygens (including phenoxy) is 1. The SMILES string of the molecule is C=CCCOCc1ccc(C2CCC(c3ccc(C=C)cc3)CC2)cc1. The van der Waals surface area contributed by atoms with E-state index in [-0.39, 0.29) is 0 Å². The quantitative estimate of drug-likeness (QED) is 0.374. The van der Waals surface area contributed by atoms with Crippen molar-refractivity contribution in [2.75, 3.05) is 6.61 Å². The van der Waals surface area contributed by atoms with Crippen molar-refractivity contribution >= 4 is 6.08 Å². The van der Waals surface area contributed by atoms with Crippen LogP contribution in [-0.2, 0) is 11.3 Å². The first-order valence-corrected chi connectivity index (χ1v) is 9.80. The topological polar surface area (TPSA) is 9.23 Å². The molecule has 0 spiro atoms. The Morgan fingerprint density at radius 1 is 0.808 bits per heavy atom. The molecule has 1 aliphatic rings. The summed E-state index contributed by atoms with van der Waals surface area (Å²) in [5.41, 5.74) is 5.44. The number of rotatable bonds is 8. The highest BCUT2D eigenvalue weighted by Gasteiger charge is 2.23. The van der Waals surface area contributed by atoms with Gasteiger partial charge in [0, 0.05) is 0 Å². The summed E-state index contributed by atoms with van der Waals surface area (Å²) < 4.78 is 5.65. The number of benzene rings is 2. The van der Waals surface area contributed by atoms with E-state index >= 15 is 0 Å². The zero-order chi connectivity index (χ0) is 18.2. The predicted molar refractivity (Wildman–Crippen MR) is 111 cm³/mol. The maximum Gasteiger partial charge on any atom is 0.0717 e. The fourth-order valence-corrected chi connectivity index (χ4v) is 3.91. The molecule has 0 bridgehead atoms. The molecule has 0 atom stereocenters. The summed E-state index contributed by atoms with van der Waals surface area (Å²) in [5, 5.41) is 0. The summed E-state index contributed by atoms with van der Waals surface area (Å²) in [4.78, 5) is 0. The van der Waals surface area contributed by atoms with Crippen LogP contribution >= 0.6 is 0 Å². The van der Waals surface area contributed by atoms with Crippen LogP contribution in [-0.4, -0.2) is 6.61 Å². The highest BCUT2D eigenvalue weighted by Crippen LogP contribution is 2.40. The van der Waals surface area contributed by atoms with E-state index in [1.165, 1.54) is 47.9 Å². The van der Waals surface area contributed by atoms with E-state index in [1.54, 1.807) is 0 Å². The van der Waals surface area contributed by atoms with Crippen molar-refractivity contribution in [3.63, 3.8) is 0 Å². The molecule has 0 aromatic heterocycles. The first-order chi connectivity index (χ1) is 12.8. The van der Waals surface area contributed by atoms with Crippen molar-refractivity contribution in [3.8, 4) is 0 Å². The third-order valence-corrected chi connectivity index (χ3v) is 5.56. The van der Waals surface area contributed by atoms with Gasteiger partial charge in [-0.2, -0.15) is 0 Å². The van der Waals surface area contributed by atoms with Crippen LogP contribution in [0, 0.1) is 0 Å². The Bertz CT molecular complexity index is 688. The Morgan fingerprint density at radius 2 is 1.35 bits per heavy atom. The minimum Gasteiger partial charge on any atom is -0.376 e. The first kappa shape index (κ1) is 18.7. The summed E-state index contributed by atoms with van der Waals surface area (Å²) in [7, 11) is 0. The standard InChI is InChI=1S/C25H30O/c1-3-5-18-26-19-21-8-12-23(13-9-21)25-16-14-24(15-17-25)22-10-6-20(4-2)7-11-22/h3-4,6-13,24-25H,1-2,5,14-19H2. The molecule has 0 saturated heterocycles. The van der Waals surface area contributed by atoms with Gasteiger partial charge in [0.1, 0.15) is 0 Å². The lowest BCUT2D eigenvalue weighted by atomic mass is 9.76. The highest BCUT2D eigenvalue weighted by atomic mass is 16.5. The molecule has 1 nitrogen and oxygen atoms in total. The van der Waals surface area contributed by atoms with Gasteiger partial charge in [-0.25, -0.2) is 0 Å². The van der Waals surface area contributed by atoms with Crippen molar-refractivity contribution < 1.29 is 4.74 Å². The first-order valence-electron chi connectivity index (χ1n) is 9.80. The minimum absolute atomic E-state index is 0.696. The molecule has 0 amide bonds. The molecular formula is C25H30O. The molecule has 0 N–H and O–H groups in total. The van der Waals surface area contributed by atoms with E-state index < -0.39 is 0 Å². The Labute approximate surface area is 158 Å². The van der Waals surface area contributed by atoms with E-state index in [2.05, 4.69) is 61.7 Å². The smallest absolute Gasteiger partial charge is 0.0717 e. The van der Waals surface area contributed by atoms with Gasteiger partial charge >= 0.3 is 0 Å². The van der Waals surface area contributed by atoms with Crippen molar-refractivity contribution in [3.05, 3.63) is 90.0 Å². The second kappa shape index (κ2) is 9.54. The van der Waals surface area contributed by atoms with Gasteiger partial charge in [0.25, 0.3) is 0 Å². The van der Waals surface area contributed by atoms with Crippen LogP contribution in [0.3, 0.4) is 0 Å². The van der Waals surface area contributed by atoms with Crippen LogP contribution in [0.4, 0.5) is 0 Å². The van der Waals surface area contributed by atoms with Gasteiger partial charge in [-0.05, 0) is 66.2 Å². The lowest BCUT2D eigenvalue weighted by Gasteiger charge is -2.29. The normalized spacial score (nSPS) is 19.8. The molecule has 2 aromatic rings. The third kappa shape index (κ3) is 4.95. The minimum atomic E-state index is 0.696. The van der Waals surface area contributed by atoms with Crippen LogP contribution < -0.4 is 0 Å². The van der Waals surface area contributed by atoms with Crippen LogP contribution in [0.15, 0.2) is 67.8 Å². The van der Waals surface area contributed by atoms with Crippen molar-refractivity contribution in [2.45, 2.75) is 50.5 Å². The summed E-state index contributed by atoms with van der Waals surface area (Å²) >= 11 is 0. The maximum atomic E-state index is 5.65. The molecule has 26 heavy (non-hydrogen) atoms. The van der Waals surface area contributed by atoms with Gasteiger partial charge < -0.3 is 4.74 Å². The van der Waals surface area contributed by atoms with E-state index in [0.717, 1.165) is 13.0 Å². The zero-order valence-electron chi connectivity index (χ0n) is 15.7. The van der Waals surface area contributed by atoms with Crippen molar-refractivity contribution in [1.29, 1.82) is 0 Å². The summed E-state index contributed by atoms with van der Waals surface area (Å²) in [5.74, 6) is 1.41. The zero-order valence-corrected chi connectivity index (χ0v) is 15.7. The van der Waals surface area contributed by atoms with E-state index in [1.807, 2.05) is 12.2 Å². The Kier molecular flexibility index (Phi) is 6.85. The molecule has 1 aliphatic carbocycles. The fourth-order valence-electron chi connectivity index (χ4n) is 3.91. The average molecular weight is 347 g/mol. The molecule has 2 aromatic carbocycles. The van der Waals surface area contributed by atoms with Gasteiger partial charge in [-0.3, -0.25) is 0 Å². The van der Waals surface area contributed by atoms with Gasteiger partial charge in [-0.15, -0.1) is 6.58 Å². The largest absolute Gasteiger partial charge is 0.376 e. The Hall–Kier alpha value is -2.12. The van der Waals surface area contributed by atoms with Crippen molar-refractivity contribution in [1.82, 2.24) is 0 Å². The van der Waals surface area contributed by atoms with E-state index in [0.29, 0.717) is 18.4 Å². The Morgan fingerprint density at radius 3 is 1.85 bits per heavy atom. The summed E-state index contributed by atoms with van der Waals surface area (Å²) in [6.07, 6.45) is 9.85. The second-order valence-electron chi connectivity index (χ2n) is 7.29. The van der Waals surface area contributed by atoms with Crippen LogP contribution in [0.25, 0.3) is 6.08 Å². The monoisotopic (exact) mass is 346 g/mol. The number of hydrogen-bond acceptors (Lipinski definition) is 1. The molecule has 136 valence electrons. The summed E-state index contributed by atoms with van der Waals surface area (Å²) in [6.45, 7) is 9.00. The van der Waals surface area contributed by atoms with E-state index in [4.69, 9.17) is 4.74 Å². The predicted octanol–water partition coefficient (Wildman–Crippen LogP) is 6.86. The molecule has 0 heterocycles. The lowest BCUT2D eigenvalue weighted by Crippen LogP contribution is -2.12. The summed E-state index contributed by atoms with van der Waals surface area (Å²) in [6, 6.07) is 18.0. The van der Waals surface area contributed by atoms with Gasteiger partial charge in [-0.1, -0.05) is 67.3 Å². The average Bonchev–Trinajstić information content (AvgIpc) is 2.72. The third-order valence-electron chi connectivity index (χ3n) is 5.56. The molecular weight excluding hydrogens is 316 g/mol. The van der Waals surface area contributed by atoms with Gasteiger partial charge in [0.2, 0.25) is 0 Å². The molecule has 0 unspecified atom stereocenters. The maximum absolute atomic E-state index is 5.65. The molecule has 3 rings (SSSR count). The second-order valence-corrected chi connectivity index (χ2v) is 7.29. The fraction of sp³-hybridized carbons (Fsp3) is 0.360. The van der Waals surface area contributed by atoms with Crippen molar-refractivity contribution in [2.24, 2.45) is 0 Å². The Balaban J connectivity index is 1.50. The van der Waals surface area contributed by atoms with Gasteiger partial charge in [0.15, 0.2) is 0 Å². The van der Waals surface area contributed by atoms with Crippen LogP contribution in [0.2, 0.25) is 0 Å². The van der Waals surface area contributed by atoms with Crippen LogP contribution in [0.5, 0.6) is 0 Å². The van der Waals surface area contributed by atoms with Gasteiger partial charge in [0.05, 0.1) is 13.2 Å². The molecule has 1 heteroatoms. The van der Waals surface area contributed by atoms with E-state index in [9.17, 15) is 0 Å². The number of hydrogen-bond donors (Lipinski definition) is 0. The molecule has 0 aliphatic heterocycles. The molecule has 0 radical (unpaired) electrons. The molecule has 1 saturated carbocycles.